The lowest BCUT2D eigenvalue weighted by Gasteiger charge is -2.17. The molecule has 4 N–H and O–H groups in total. The average molecular weight is 549 g/mol. The van der Waals surface area contributed by atoms with Crippen molar-refractivity contribution in [1.82, 2.24) is 0 Å². The first-order chi connectivity index (χ1) is 19.6. The van der Waals surface area contributed by atoms with Crippen molar-refractivity contribution in [3.05, 3.63) is 124 Å². The summed E-state index contributed by atoms with van der Waals surface area (Å²) in [5.41, 5.74) is 0.797. The zero-order valence-corrected chi connectivity index (χ0v) is 21.0. The Bertz CT molecular complexity index is 1640. The predicted molar refractivity (Wildman–Crippen MR) is 147 cm³/mol. The van der Waals surface area contributed by atoms with Crippen LogP contribution in [0.2, 0.25) is 0 Å². The smallest absolute Gasteiger partial charge is 0.335 e. The molecule has 11 nitrogen and oxygen atoms in total. The van der Waals surface area contributed by atoms with E-state index in [2.05, 4.69) is 10.6 Å². The highest BCUT2D eigenvalue weighted by molar-refractivity contribution is 6.34. The molecule has 1 heterocycles. The fourth-order valence-corrected chi connectivity index (χ4v) is 4.23. The largest absolute Gasteiger partial charge is 0.478 e. The Labute approximate surface area is 231 Å². The summed E-state index contributed by atoms with van der Waals surface area (Å²) in [7, 11) is 0. The summed E-state index contributed by atoms with van der Waals surface area (Å²) in [6.45, 7) is 0. The molecular formula is C30H19N3O8. The second-order valence-electron chi connectivity index (χ2n) is 8.93. The quantitative estimate of drug-likeness (QED) is 0.246. The van der Waals surface area contributed by atoms with E-state index >= 15 is 0 Å². The second-order valence-corrected chi connectivity index (χ2v) is 8.93. The number of amides is 4. The van der Waals surface area contributed by atoms with E-state index in [0.29, 0.717) is 0 Å². The summed E-state index contributed by atoms with van der Waals surface area (Å²) in [4.78, 5) is 75.8. The number of anilines is 3. The molecule has 5 rings (SSSR count). The first kappa shape index (κ1) is 26.5. The van der Waals surface area contributed by atoms with E-state index in [1.807, 2.05) is 0 Å². The number of carbonyl (C=O) groups is 6. The van der Waals surface area contributed by atoms with Gasteiger partial charge in [0.1, 0.15) is 0 Å². The third-order valence-corrected chi connectivity index (χ3v) is 6.27. The standard InChI is InChI=1S/C30H19N3O8/c34-25(31-20-9-5-16(6-10-20)29(38)39)18-13-19(26(35)32-21-11-7-17(8-12-21)30(40)41)15-22(14-18)33-27(36)23-3-1-2-4-24(23)28(33)37/h1-15H,(H,31,34)(H,32,35)(H,38,39)(H,40,41). The predicted octanol–water partition coefficient (Wildman–Crippen LogP) is 4.39. The number of benzene rings is 4. The van der Waals surface area contributed by atoms with Crippen molar-refractivity contribution in [2.75, 3.05) is 15.5 Å². The Morgan fingerprint density at radius 3 is 1.29 bits per heavy atom. The van der Waals surface area contributed by atoms with Gasteiger partial charge in [-0.3, -0.25) is 19.2 Å². The number of carbonyl (C=O) groups excluding carboxylic acids is 4. The lowest BCUT2D eigenvalue weighted by Crippen LogP contribution is -2.30. The number of aromatic carboxylic acids is 2. The molecule has 0 radical (unpaired) electrons. The van der Waals surface area contributed by atoms with Crippen LogP contribution < -0.4 is 15.5 Å². The molecule has 1 aliphatic rings. The van der Waals surface area contributed by atoms with Gasteiger partial charge < -0.3 is 20.8 Å². The average Bonchev–Trinajstić information content (AvgIpc) is 3.22. The van der Waals surface area contributed by atoms with E-state index in [0.717, 1.165) is 4.90 Å². The maximum absolute atomic E-state index is 13.2. The van der Waals surface area contributed by atoms with Crippen LogP contribution in [0.25, 0.3) is 0 Å². The zero-order valence-electron chi connectivity index (χ0n) is 21.0. The van der Waals surface area contributed by atoms with Crippen LogP contribution in [-0.4, -0.2) is 45.8 Å². The van der Waals surface area contributed by atoms with Crippen LogP contribution in [0.1, 0.15) is 62.1 Å². The minimum absolute atomic E-state index is 0.0172. The lowest BCUT2D eigenvalue weighted by molar-refractivity contribution is 0.0686. The number of hydrogen-bond acceptors (Lipinski definition) is 6. The second kappa shape index (κ2) is 10.6. The molecular weight excluding hydrogens is 530 g/mol. The van der Waals surface area contributed by atoms with Crippen LogP contribution in [0, 0.1) is 0 Å². The van der Waals surface area contributed by atoms with Crippen LogP contribution >= 0.6 is 0 Å². The molecule has 0 saturated heterocycles. The van der Waals surface area contributed by atoms with Crippen molar-refractivity contribution in [3.63, 3.8) is 0 Å². The fourth-order valence-electron chi connectivity index (χ4n) is 4.23. The number of hydrogen-bond donors (Lipinski definition) is 4. The summed E-state index contributed by atoms with van der Waals surface area (Å²) < 4.78 is 0. The lowest BCUT2D eigenvalue weighted by atomic mass is 10.1. The highest BCUT2D eigenvalue weighted by Gasteiger charge is 2.37. The molecule has 202 valence electrons. The van der Waals surface area contributed by atoms with Crippen molar-refractivity contribution >= 4 is 52.6 Å². The van der Waals surface area contributed by atoms with E-state index in [9.17, 15) is 28.8 Å². The summed E-state index contributed by atoms with van der Waals surface area (Å²) in [5, 5.41) is 23.4. The van der Waals surface area contributed by atoms with Crippen LogP contribution in [0.15, 0.2) is 91.0 Å². The summed E-state index contributed by atoms with van der Waals surface area (Å²) >= 11 is 0. The van der Waals surface area contributed by atoms with Gasteiger partial charge in [0.15, 0.2) is 0 Å². The third kappa shape index (κ3) is 5.27. The molecule has 1 aliphatic heterocycles. The van der Waals surface area contributed by atoms with Crippen LogP contribution in [0.3, 0.4) is 0 Å². The number of carboxylic acids is 2. The van der Waals surface area contributed by atoms with Crippen molar-refractivity contribution in [2.24, 2.45) is 0 Å². The number of nitrogens with one attached hydrogen (secondary N) is 2. The summed E-state index contributed by atoms with van der Waals surface area (Å²) in [6, 6.07) is 20.9. The van der Waals surface area contributed by atoms with E-state index in [1.54, 1.807) is 12.1 Å². The molecule has 0 aromatic heterocycles. The van der Waals surface area contributed by atoms with Crippen molar-refractivity contribution < 1.29 is 39.0 Å². The van der Waals surface area contributed by atoms with Crippen LogP contribution in [0.5, 0.6) is 0 Å². The van der Waals surface area contributed by atoms with E-state index in [-0.39, 0.29) is 50.4 Å². The van der Waals surface area contributed by atoms with E-state index < -0.39 is 35.6 Å². The van der Waals surface area contributed by atoms with Gasteiger partial charge in [-0.05, 0) is 78.9 Å². The monoisotopic (exact) mass is 549 g/mol. The van der Waals surface area contributed by atoms with E-state index in [4.69, 9.17) is 10.2 Å². The Kier molecular flexibility index (Phi) is 6.84. The van der Waals surface area contributed by atoms with Gasteiger partial charge in [0.2, 0.25) is 0 Å². The van der Waals surface area contributed by atoms with E-state index in [1.165, 1.54) is 78.9 Å². The van der Waals surface area contributed by atoms with Crippen molar-refractivity contribution in [3.8, 4) is 0 Å². The molecule has 0 atom stereocenters. The number of fused-ring (bicyclic) bond motifs is 1. The van der Waals surface area contributed by atoms with Gasteiger partial charge in [0.25, 0.3) is 23.6 Å². The van der Waals surface area contributed by atoms with Gasteiger partial charge in [0.05, 0.1) is 27.9 Å². The van der Waals surface area contributed by atoms with Gasteiger partial charge in [-0.15, -0.1) is 0 Å². The maximum atomic E-state index is 13.2. The van der Waals surface area contributed by atoms with Crippen molar-refractivity contribution in [1.29, 1.82) is 0 Å². The Morgan fingerprint density at radius 1 is 0.537 bits per heavy atom. The molecule has 0 aliphatic carbocycles. The topological polar surface area (TPSA) is 170 Å². The number of nitrogens with zero attached hydrogens (tertiary/aromatic N) is 1. The number of carboxylic acid groups (broad SMARTS) is 2. The molecule has 0 fully saturated rings. The molecule has 11 heteroatoms. The zero-order chi connectivity index (χ0) is 29.3. The van der Waals surface area contributed by atoms with Gasteiger partial charge in [-0.25, -0.2) is 14.5 Å². The molecule has 4 aromatic rings. The van der Waals surface area contributed by atoms with Gasteiger partial charge in [0, 0.05) is 22.5 Å². The number of rotatable bonds is 7. The Morgan fingerprint density at radius 2 is 0.927 bits per heavy atom. The highest BCUT2D eigenvalue weighted by atomic mass is 16.4. The Balaban J connectivity index is 1.50. The highest BCUT2D eigenvalue weighted by Crippen LogP contribution is 2.30. The molecule has 4 amide bonds. The molecule has 41 heavy (non-hydrogen) atoms. The minimum atomic E-state index is -1.13. The van der Waals surface area contributed by atoms with Crippen LogP contribution in [-0.2, 0) is 0 Å². The molecule has 4 aromatic carbocycles. The summed E-state index contributed by atoms with van der Waals surface area (Å²) in [6.07, 6.45) is 0. The minimum Gasteiger partial charge on any atom is -0.478 e. The molecule has 0 unspecified atom stereocenters. The number of imide groups is 1. The first-order valence-electron chi connectivity index (χ1n) is 12.0. The first-order valence-corrected chi connectivity index (χ1v) is 12.0. The third-order valence-electron chi connectivity index (χ3n) is 6.27. The van der Waals surface area contributed by atoms with Crippen LogP contribution in [0.4, 0.5) is 17.1 Å². The summed E-state index contributed by atoms with van der Waals surface area (Å²) in [5.74, 6) is -4.89. The maximum Gasteiger partial charge on any atom is 0.335 e. The van der Waals surface area contributed by atoms with Gasteiger partial charge in [-0.2, -0.15) is 0 Å². The molecule has 0 bridgehead atoms. The molecule has 0 spiro atoms. The normalized spacial score (nSPS) is 12.0. The molecule has 0 saturated carbocycles. The SMILES string of the molecule is O=C(O)c1ccc(NC(=O)c2cc(C(=O)Nc3ccc(C(=O)O)cc3)cc(N3C(=O)c4ccccc4C3=O)c2)cc1. The fraction of sp³-hybridized carbons (Fsp3) is 0. The van der Waals surface area contributed by atoms with Gasteiger partial charge in [-0.1, -0.05) is 12.1 Å². The Hall–Kier alpha value is -6.10. The van der Waals surface area contributed by atoms with Crippen molar-refractivity contribution in [2.45, 2.75) is 0 Å². The van der Waals surface area contributed by atoms with Gasteiger partial charge >= 0.3 is 11.9 Å².